The Morgan fingerprint density at radius 2 is 2.50 bits per heavy atom. The van der Waals surface area contributed by atoms with Crippen LogP contribution in [-0.4, -0.2) is 31.8 Å². The molecule has 0 aliphatic rings. The van der Waals surface area contributed by atoms with E-state index in [-0.39, 0.29) is 6.42 Å². The van der Waals surface area contributed by atoms with Crippen LogP contribution in [0.5, 0.6) is 0 Å². The molecule has 1 atom stereocenters. The number of aromatic amines is 1. The van der Waals surface area contributed by atoms with Crippen molar-refractivity contribution >= 4 is 5.97 Å². The molecule has 1 heterocycles. The Hall–Kier alpha value is -1.36. The lowest BCUT2D eigenvalue weighted by Crippen LogP contribution is -2.37. The first-order valence-electron chi connectivity index (χ1n) is 3.45. The van der Waals surface area contributed by atoms with Crippen LogP contribution in [0.1, 0.15) is 12.6 Å². The average molecular weight is 170 g/mol. The van der Waals surface area contributed by atoms with Crippen LogP contribution in [0.15, 0.2) is 12.5 Å². The number of carbonyl (C=O) groups is 1. The van der Waals surface area contributed by atoms with Gasteiger partial charge in [-0.15, -0.1) is 0 Å². The summed E-state index contributed by atoms with van der Waals surface area (Å²) in [5.41, 5.74) is -1.13. The number of hydrogen-bond acceptors (Lipinski definition) is 3. The zero-order valence-electron chi connectivity index (χ0n) is 6.61. The second kappa shape index (κ2) is 2.94. The fourth-order valence-electron chi connectivity index (χ4n) is 0.828. The molecule has 66 valence electrons. The molecule has 3 N–H and O–H groups in total. The highest BCUT2D eigenvalue weighted by Gasteiger charge is 2.30. The molecule has 1 unspecified atom stereocenters. The molecule has 0 saturated heterocycles. The molecule has 1 aromatic rings. The summed E-state index contributed by atoms with van der Waals surface area (Å²) < 4.78 is 0. The first-order valence-corrected chi connectivity index (χ1v) is 3.45. The molecule has 0 fully saturated rings. The Morgan fingerprint density at radius 3 is 2.92 bits per heavy atom. The minimum atomic E-state index is -1.73. The summed E-state index contributed by atoms with van der Waals surface area (Å²) in [7, 11) is 0. The van der Waals surface area contributed by atoms with Crippen molar-refractivity contribution in [2.45, 2.75) is 18.9 Å². The van der Waals surface area contributed by atoms with E-state index in [1.54, 1.807) is 0 Å². The van der Waals surface area contributed by atoms with E-state index >= 15 is 0 Å². The Morgan fingerprint density at radius 1 is 1.83 bits per heavy atom. The Balaban J connectivity index is 2.69. The summed E-state index contributed by atoms with van der Waals surface area (Å²) >= 11 is 0. The SMILES string of the molecule is CC(O)(Cc1cnc[nH]1)C(=O)O. The molecular weight excluding hydrogens is 160 g/mol. The van der Waals surface area contributed by atoms with Gasteiger partial charge in [-0.3, -0.25) is 0 Å². The van der Waals surface area contributed by atoms with Gasteiger partial charge >= 0.3 is 5.97 Å². The van der Waals surface area contributed by atoms with Gasteiger partial charge in [-0.1, -0.05) is 0 Å². The molecule has 1 aromatic heterocycles. The van der Waals surface area contributed by atoms with Gasteiger partial charge in [0.05, 0.1) is 6.33 Å². The van der Waals surface area contributed by atoms with Crippen LogP contribution in [0.2, 0.25) is 0 Å². The zero-order chi connectivity index (χ0) is 9.19. The number of imidazole rings is 1. The molecule has 0 amide bonds. The molecule has 0 bridgehead atoms. The molecule has 12 heavy (non-hydrogen) atoms. The standard InChI is InChI=1S/C7H10N2O3/c1-7(12,6(10)11)2-5-3-8-4-9-5/h3-4,12H,2H2,1H3,(H,8,9)(H,10,11). The van der Waals surface area contributed by atoms with Crippen molar-refractivity contribution in [2.75, 3.05) is 0 Å². The van der Waals surface area contributed by atoms with Crippen molar-refractivity contribution in [1.82, 2.24) is 9.97 Å². The Bertz CT molecular complexity index is 266. The summed E-state index contributed by atoms with van der Waals surface area (Å²) in [5.74, 6) is -1.24. The van der Waals surface area contributed by atoms with Crippen molar-refractivity contribution < 1.29 is 15.0 Å². The van der Waals surface area contributed by atoms with Crippen LogP contribution in [-0.2, 0) is 11.2 Å². The third-order valence-electron chi connectivity index (χ3n) is 1.55. The number of rotatable bonds is 3. The minimum absolute atomic E-state index is 0.0301. The third kappa shape index (κ3) is 1.82. The topological polar surface area (TPSA) is 86.2 Å². The van der Waals surface area contributed by atoms with Crippen molar-refractivity contribution in [3.63, 3.8) is 0 Å². The van der Waals surface area contributed by atoms with E-state index in [1.165, 1.54) is 19.4 Å². The molecule has 1 rings (SSSR count). The minimum Gasteiger partial charge on any atom is -0.479 e. The fourth-order valence-corrected chi connectivity index (χ4v) is 0.828. The zero-order valence-corrected chi connectivity index (χ0v) is 6.61. The smallest absolute Gasteiger partial charge is 0.335 e. The molecule has 0 saturated carbocycles. The van der Waals surface area contributed by atoms with Gasteiger partial charge in [-0.25, -0.2) is 9.78 Å². The largest absolute Gasteiger partial charge is 0.479 e. The summed E-state index contributed by atoms with van der Waals surface area (Å²) in [6.07, 6.45) is 2.95. The number of nitrogens with zero attached hydrogens (tertiary/aromatic N) is 1. The monoisotopic (exact) mass is 170 g/mol. The quantitative estimate of drug-likeness (QED) is 0.585. The lowest BCUT2D eigenvalue weighted by atomic mass is 10.0. The first-order chi connectivity index (χ1) is 5.52. The second-order valence-corrected chi connectivity index (χ2v) is 2.83. The van der Waals surface area contributed by atoms with Gasteiger partial charge in [0.15, 0.2) is 5.60 Å². The highest BCUT2D eigenvalue weighted by Crippen LogP contribution is 2.10. The van der Waals surface area contributed by atoms with Gasteiger partial charge in [0, 0.05) is 18.3 Å². The third-order valence-corrected chi connectivity index (χ3v) is 1.55. The first kappa shape index (κ1) is 8.73. The predicted molar refractivity (Wildman–Crippen MR) is 40.6 cm³/mol. The summed E-state index contributed by atoms with van der Waals surface area (Å²) in [6, 6.07) is 0. The summed E-state index contributed by atoms with van der Waals surface area (Å²) in [5, 5.41) is 17.9. The molecule has 0 aliphatic carbocycles. The number of aromatic nitrogens is 2. The molecule has 0 radical (unpaired) electrons. The number of nitrogens with one attached hydrogen (secondary N) is 1. The van der Waals surface area contributed by atoms with Gasteiger partial charge in [0.1, 0.15) is 0 Å². The normalized spacial score (nSPS) is 15.5. The maximum atomic E-state index is 10.5. The van der Waals surface area contributed by atoms with Gasteiger partial charge in [-0.2, -0.15) is 0 Å². The number of aliphatic hydroxyl groups is 1. The van der Waals surface area contributed by atoms with E-state index < -0.39 is 11.6 Å². The van der Waals surface area contributed by atoms with Crippen LogP contribution in [0.4, 0.5) is 0 Å². The lowest BCUT2D eigenvalue weighted by Gasteiger charge is -2.15. The van der Waals surface area contributed by atoms with E-state index in [0.717, 1.165) is 0 Å². The van der Waals surface area contributed by atoms with Gasteiger partial charge in [0.2, 0.25) is 0 Å². The number of hydrogen-bond donors (Lipinski definition) is 3. The van der Waals surface area contributed by atoms with Crippen molar-refractivity contribution in [3.8, 4) is 0 Å². The molecule has 0 spiro atoms. The maximum absolute atomic E-state index is 10.5. The van der Waals surface area contributed by atoms with E-state index in [2.05, 4.69) is 9.97 Å². The maximum Gasteiger partial charge on any atom is 0.335 e. The second-order valence-electron chi connectivity index (χ2n) is 2.83. The van der Waals surface area contributed by atoms with Gasteiger partial charge < -0.3 is 15.2 Å². The van der Waals surface area contributed by atoms with Gasteiger partial charge in [0.25, 0.3) is 0 Å². The lowest BCUT2D eigenvalue weighted by molar-refractivity contribution is -0.156. The molecule has 5 nitrogen and oxygen atoms in total. The number of H-pyrrole nitrogens is 1. The molecular formula is C7H10N2O3. The average Bonchev–Trinajstić information content (AvgIpc) is 2.38. The van der Waals surface area contributed by atoms with Gasteiger partial charge in [-0.05, 0) is 6.92 Å². The Kier molecular flexibility index (Phi) is 2.14. The number of aliphatic carboxylic acids is 1. The van der Waals surface area contributed by atoms with Crippen molar-refractivity contribution in [3.05, 3.63) is 18.2 Å². The van der Waals surface area contributed by atoms with Crippen molar-refractivity contribution in [1.29, 1.82) is 0 Å². The van der Waals surface area contributed by atoms with Crippen LogP contribution in [0.25, 0.3) is 0 Å². The number of carboxylic acids is 1. The van der Waals surface area contributed by atoms with E-state index in [9.17, 15) is 9.90 Å². The van der Waals surface area contributed by atoms with E-state index in [1.807, 2.05) is 0 Å². The molecule has 0 aliphatic heterocycles. The molecule has 0 aromatic carbocycles. The van der Waals surface area contributed by atoms with Crippen LogP contribution in [0, 0.1) is 0 Å². The summed E-state index contributed by atoms with van der Waals surface area (Å²) in [6.45, 7) is 1.25. The summed E-state index contributed by atoms with van der Waals surface area (Å²) in [4.78, 5) is 16.9. The Labute approximate surface area is 69.1 Å². The van der Waals surface area contributed by atoms with Crippen LogP contribution >= 0.6 is 0 Å². The predicted octanol–water partition coefficient (Wildman–Crippen LogP) is -0.212. The fraction of sp³-hybridized carbons (Fsp3) is 0.429. The van der Waals surface area contributed by atoms with Crippen LogP contribution in [0.3, 0.4) is 0 Å². The van der Waals surface area contributed by atoms with Crippen molar-refractivity contribution in [2.24, 2.45) is 0 Å². The van der Waals surface area contributed by atoms with E-state index in [0.29, 0.717) is 5.69 Å². The highest BCUT2D eigenvalue weighted by atomic mass is 16.4. The molecule has 5 heteroatoms. The van der Waals surface area contributed by atoms with Crippen LogP contribution < -0.4 is 0 Å². The van der Waals surface area contributed by atoms with E-state index in [4.69, 9.17) is 5.11 Å². The number of carboxylic acid groups (broad SMARTS) is 1. The highest BCUT2D eigenvalue weighted by molar-refractivity contribution is 5.76.